The summed E-state index contributed by atoms with van der Waals surface area (Å²) in [6, 6.07) is 10.3. The second-order valence-corrected chi connectivity index (χ2v) is 15.9. The molecule has 0 aliphatic carbocycles. The van der Waals surface area contributed by atoms with Crippen LogP contribution in [0.3, 0.4) is 0 Å². The zero-order chi connectivity index (χ0) is 30.9. The molecule has 1 aromatic heterocycles. The first-order chi connectivity index (χ1) is 20.3. The van der Waals surface area contributed by atoms with Crippen LogP contribution in [0, 0.1) is 3.83 Å². The molecule has 7 nitrogen and oxygen atoms in total. The molecule has 0 radical (unpaired) electrons. The molecule has 14 heteroatoms. The van der Waals surface area contributed by atoms with Gasteiger partial charge in [-0.15, -0.1) is 0 Å². The third-order valence-corrected chi connectivity index (χ3v) is 12.6. The van der Waals surface area contributed by atoms with Crippen LogP contribution in [0.1, 0.15) is 40.4 Å². The normalized spacial score (nSPS) is 17.2. The molecule has 2 aliphatic heterocycles. The average Bonchev–Trinajstić information content (AvgIpc) is 2.96. The minimum atomic E-state index is -5.00. The maximum absolute atomic E-state index is 14.1. The molecule has 0 atom stereocenters. The first-order valence-electron chi connectivity index (χ1n) is 13.5. The fourth-order valence-electron chi connectivity index (χ4n) is 5.00. The number of carbonyl (C=O) groups is 2. The van der Waals surface area contributed by atoms with E-state index in [9.17, 15) is 35.9 Å². The van der Waals surface area contributed by atoms with E-state index in [1.165, 1.54) is 11.8 Å². The number of alkyl halides is 8. The second kappa shape index (κ2) is 12.3. The molecule has 5 rings (SSSR count). The van der Waals surface area contributed by atoms with E-state index >= 15 is 0 Å². The summed E-state index contributed by atoms with van der Waals surface area (Å²) in [6.07, 6.45) is -9.60. The van der Waals surface area contributed by atoms with Gasteiger partial charge in [-0.1, -0.05) is 0 Å². The van der Waals surface area contributed by atoms with E-state index < -0.39 is 55.8 Å². The number of hydrogen-bond donors (Lipinski definition) is 1. The number of aromatic nitrogens is 2. The first-order valence-corrected chi connectivity index (χ1v) is 17.6. The van der Waals surface area contributed by atoms with Crippen LogP contribution >= 0.6 is 19.8 Å². The van der Waals surface area contributed by atoms with Gasteiger partial charge in [0, 0.05) is 0 Å². The van der Waals surface area contributed by atoms with Crippen LogP contribution in [0.25, 0.3) is 11.3 Å². The molecule has 2 aliphatic rings. The Morgan fingerprint density at radius 1 is 0.930 bits per heavy atom. The number of fused-ring (bicyclic) bond motifs is 1. The van der Waals surface area contributed by atoms with Crippen LogP contribution in [0.5, 0.6) is 0 Å². The van der Waals surface area contributed by atoms with Gasteiger partial charge in [-0.3, -0.25) is 0 Å². The quantitative estimate of drug-likeness (QED) is 0.151. The van der Waals surface area contributed by atoms with Crippen molar-refractivity contribution < 1.29 is 35.9 Å². The molecule has 3 heterocycles. The number of halogens is 7. The minimum absolute atomic E-state index is 0.00933. The number of carbonyl (C=O) groups excluding carboxylic acids is 2. The van der Waals surface area contributed by atoms with E-state index in [4.69, 9.17) is 9.97 Å². The molecule has 1 fully saturated rings. The number of nitrogens with zero attached hydrogens (tertiary/aromatic N) is 4. The van der Waals surface area contributed by atoms with Gasteiger partial charge in [0.1, 0.15) is 0 Å². The summed E-state index contributed by atoms with van der Waals surface area (Å²) in [5.74, 6) is -0.284. The van der Waals surface area contributed by atoms with Crippen molar-refractivity contribution in [3.05, 3.63) is 74.6 Å². The monoisotopic (exact) mass is 719 g/mol. The summed E-state index contributed by atoms with van der Waals surface area (Å²) in [5.41, 5.74) is -2.03. The van der Waals surface area contributed by atoms with Crippen LogP contribution < -0.4 is 5.32 Å². The molecule has 1 saturated heterocycles. The Morgan fingerprint density at radius 3 is 2.14 bits per heavy atom. The van der Waals surface area contributed by atoms with Gasteiger partial charge >= 0.3 is 252 Å². The Kier molecular flexibility index (Phi) is 8.86. The molecule has 43 heavy (non-hydrogen) atoms. The first kappa shape index (κ1) is 31.0. The molecular weight excluding hydrogens is 691 g/mol. The molecule has 2 aromatic carbocycles. The Morgan fingerprint density at radius 2 is 1.56 bits per heavy atom. The third kappa shape index (κ3) is 7.04. The van der Waals surface area contributed by atoms with Crippen molar-refractivity contribution in [3.63, 3.8) is 0 Å². The van der Waals surface area contributed by atoms with Gasteiger partial charge < -0.3 is 0 Å². The van der Waals surface area contributed by atoms with Gasteiger partial charge in [-0.05, 0) is 0 Å². The number of amides is 2. The fourth-order valence-corrected chi connectivity index (χ4v) is 10.0. The van der Waals surface area contributed by atoms with E-state index in [2.05, 4.69) is 5.32 Å². The van der Waals surface area contributed by atoms with E-state index in [0.29, 0.717) is 59.1 Å². The summed E-state index contributed by atoms with van der Waals surface area (Å²) in [5, 5.41) is 3.22. The summed E-state index contributed by atoms with van der Waals surface area (Å²) < 4.78 is 83.3. The van der Waals surface area contributed by atoms with Gasteiger partial charge in [0.05, 0.1) is 0 Å². The SMILES string of the molecule is CC(=O)N1CCI(c2nc3c(c(-c4ccccc4)n2)C(=O)N(Cc2cc(C(F)(F)F)cc(C(F)(F)F)c2)CCCN3)CC1. The summed E-state index contributed by atoms with van der Waals surface area (Å²) in [6.45, 7) is 2.77. The molecule has 3 aromatic rings. The Labute approximate surface area is 251 Å². The number of nitrogens with one attached hydrogen (secondary N) is 1. The van der Waals surface area contributed by atoms with Gasteiger partial charge in [0.15, 0.2) is 0 Å². The van der Waals surface area contributed by atoms with Gasteiger partial charge in [-0.25, -0.2) is 0 Å². The predicted molar refractivity (Wildman–Crippen MR) is 156 cm³/mol. The summed E-state index contributed by atoms with van der Waals surface area (Å²) in [4.78, 5) is 38.6. The zero-order valence-corrected chi connectivity index (χ0v) is 25.2. The molecule has 0 bridgehead atoms. The second-order valence-electron chi connectivity index (χ2n) is 10.2. The van der Waals surface area contributed by atoms with Crippen LogP contribution in [-0.4, -0.2) is 66.6 Å². The van der Waals surface area contributed by atoms with Crippen LogP contribution in [0.2, 0.25) is 0 Å². The van der Waals surface area contributed by atoms with E-state index in [-0.39, 0.29) is 29.6 Å². The molecule has 2 amide bonds. The zero-order valence-electron chi connectivity index (χ0n) is 23.0. The Balaban J connectivity index is 1.55. The summed E-state index contributed by atoms with van der Waals surface area (Å²) in [7, 11) is 0. The molecule has 0 spiro atoms. The Bertz CT molecular complexity index is 1480. The fraction of sp³-hybridized carbons (Fsp3) is 0.379. The van der Waals surface area contributed by atoms with Crippen molar-refractivity contribution in [1.82, 2.24) is 19.8 Å². The standard InChI is InChI=1S/C29H28F6IN5O2/c1-18(42)40-12-8-36(9-13-40)27-38-24(20-6-3-2-4-7-20)23-25(39-27)37-10-5-11-41(26(23)43)17-19-14-21(28(30,31)32)16-22(15-19)29(33,34)35/h2-4,6-7,14-16H,5,8-13,17H2,1H3,(H,37,38,39). The van der Waals surface area contributed by atoms with Crippen LogP contribution in [0.4, 0.5) is 32.2 Å². The molecule has 0 unspecified atom stereocenters. The average molecular weight is 719 g/mol. The maximum atomic E-state index is 14.1. The third-order valence-electron chi connectivity index (χ3n) is 7.20. The van der Waals surface area contributed by atoms with E-state index in [0.717, 1.165) is 8.86 Å². The van der Waals surface area contributed by atoms with Crippen molar-refractivity contribution in [1.29, 1.82) is 0 Å². The number of hydrogen-bond acceptors (Lipinski definition) is 5. The predicted octanol–water partition coefficient (Wildman–Crippen LogP) is 6.18. The number of anilines is 1. The van der Waals surface area contributed by atoms with Gasteiger partial charge in [-0.2, -0.15) is 0 Å². The van der Waals surface area contributed by atoms with E-state index in [1.54, 1.807) is 35.2 Å². The van der Waals surface area contributed by atoms with Gasteiger partial charge in [0.25, 0.3) is 0 Å². The van der Waals surface area contributed by atoms with Crippen LogP contribution in [0.15, 0.2) is 48.5 Å². The number of rotatable bonds is 4. The topological polar surface area (TPSA) is 78.4 Å². The summed E-state index contributed by atoms with van der Waals surface area (Å²) >= 11 is -1.93. The molecule has 0 saturated carbocycles. The van der Waals surface area contributed by atoms with Crippen molar-refractivity contribution in [2.75, 3.05) is 40.4 Å². The molecular formula is C29H28F6IN5O2. The van der Waals surface area contributed by atoms with Crippen LogP contribution in [-0.2, 0) is 23.7 Å². The van der Waals surface area contributed by atoms with Crippen molar-refractivity contribution in [3.8, 4) is 11.3 Å². The van der Waals surface area contributed by atoms with E-state index in [1.807, 2.05) is 0 Å². The molecule has 230 valence electrons. The number of benzene rings is 2. The van der Waals surface area contributed by atoms with Gasteiger partial charge in [0.2, 0.25) is 0 Å². The molecule has 1 N–H and O–H groups in total. The van der Waals surface area contributed by atoms with Crippen molar-refractivity contribution >= 4 is 37.5 Å². The van der Waals surface area contributed by atoms with Crippen molar-refractivity contribution in [2.45, 2.75) is 32.2 Å². The Hall–Kier alpha value is -3.43. The van der Waals surface area contributed by atoms with Crippen molar-refractivity contribution in [2.24, 2.45) is 0 Å².